The highest BCUT2D eigenvalue weighted by atomic mass is 32.1. The molecule has 1 atom stereocenters. The first-order valence-electron chi connectivity index (χ1n) is 15.2. The maximum Gasteiger partial charge on any atom is 0.271 e. The molecule has 3 heterocycles. The maximum atomic E-state index is 14.1. The van der Waals surface area contributed by atoms with Gasteiger partial charge < -0.3 is 24.4 Å². The summed E-state index contributed by atoms with van der Waals surface area (Å²) in [5, 5.41) is 2.90. The van der Waals surface area contributed by atoms with Gasteiger partial charge >= 0.3 is 0 Å². The van der Waals surface area contributed by atoms with Gasteiger partial charge in [0, 0.05) is 18.8 Å². The van der Waals surface area contributed by atoms with Crippen LogP contribution in [0.3, 0.4) is 0 Å². The van der Waals surface area contributed by atoms with Crippen molar-refractivity contribution in [3.05, 3.63) is 121 Å². The van der Waals surface area contributed by atoms with Gasteiger partial charge in [0.1, 0.15) is 5.82 Å². The van der Waals surface area contributed by atoms with Crippen LogP contribution in [0.2, 0.25) is 0 Å². The Morgan fingerprint density at radius 3 is 2.51 bits per heavy atom. The van der Waals surface area contributed by atoms with E-state index in [4.69, 9.17) is 14.2 Å². The van der Waals surface area contributed by atoms with Gasteiger partial charge in [-0.15, -0.1) is 0 Å². The minimum atomic E-state index is -0.837. The molecule has 2 amide bonds. The topological polar surface area (TPSA) is 111 Å². The highest BCUT2D eigenvalue weighted by molar-refractivity contribution is 7.07. The summed E-state index contributed by atoms with van der Waals surface area (Å²) in [6.07, 6.45) is 1.72. The predicted octanol–water partition coefficient (Wildman–Crippen LogP) is 3.65. The van der Waals surface area contributed by atoms with E-state index in [9.17, 15) is 18.8 Å². The SMILES string of the molecule is CCOc1cc(/C=c2/sc3n(c2=O)[C@H](c2ccc(F)cc2)C(C(=O)Nc2ccccc2)=C(C)N=3)ccc1OCC(=O)N1CCOCC1. The summed E-state index contributed by atoms with van der Waals surface area (Å²) in [7, 11) is 0. The second-order valence-corrected chi connectivity index (χ2v) is 11.9. The number of ether oxygens (including phenoxy) is 3. The quantitative estimate of drug-likeness (QED) is 0.295. The van der Waals surface area contributed by atoms with E-state index in [1.165, 1.54) is 28.0 Å². The second-order valence-electron chi connectivity index (χ2n) is 10.9. The minimum Gasteiger partial charge on any atom is -0.490 e. The molecular formula is C35H33FN4O6S. The van der Waals surface area contributed by atoms with Crippen molar-refractivity contribution >= 4 is 34.9 Å². The number of thiazole rings is 1. The molecule has 1 fully saturated rings. The van der Waals surface area contributed by atoms with Gasteiger partial charge in [-0.2, -0.15) is 0 Å². The number of aromatic nitrogens is 1. The van der Waals surface area contributed by atoms with Crippen LogP contribution in [-0.4, -0.2) is 60.8 Å². The van der Waals surface area contributed by atoms with Crippen LogP contribution in [0.5, 0.6) is 11.5 Å². The molecule has 12 heteroatoms. The van der Waals surface area contributed by atoms with Crippen molar-refractivity contribution in [2.45, 2.75) is 19.9 Å². The molecule has 0 radical (unpaired) electrons. The maximum absolute atomic E-state index is 14.1. The summed E-state index contributed by atoms with van der Waals surface area (Å²) < 4.78 is 32.8. The van der Waals surface area contributed by atoms with Crippen molar-refractivity contribution in [3.63, 3.8) is 0 Å². The van der Waals surface area contributed by atoms with E-state index < -0.39 is 17.8 Å². The van der Waals surface area contributed by atoms with Gasteiger partial charge in [-0.25, -0.2) is 9.38 Å². The fraction of sp³-hybridized carbons (Fsp3) is 0.257. The van der Waals surface area contributed by atoms with Gasteiger partial charge in [0.2, 0.25) is 0 Å². The molecule has 4 aromatic rings. The molecule has 0 spiro atoms. The number of halogens is 1. The highest BCUT2D eigenvalue weighted by Gasteiger charge is 2.32. The third-order valence-corrected chi connectivity index (χ3v) is 8.75. The lowest BCUT2D eigenvalue weighted by Crippen LogP contribution is -2.43. The van der Waals surface area contributed by atoms with Gasteiger partial charge in [0.25, 0.3) is 17.4 Å². The predicted molar refractivity (Wildman–Crippen MR) is 176 cm³/mol. The molecule has 2 aliphatic heterocycles. The monoisotopic (exact) mass is 656 g/mol. The van der Waals surface area contributed by atoms with Crippen molar-refractivity contribution in [2.75, 3.05) is 44.8 Å². The molecule has 10 nitrogen and oxygen atoms in total. The molecular weight excluding hydrogens is 623 g/mol. The molecule has 0 bridgehead atoms. The van der Waals surface area contributed by atoms with E-state index in [0.29, 0.717) is 76.3 Å². The van der Waals surface area contributed by atoms with Crippen LogP contribution in [0.1, 0.15) is 31.0 Å². The zero-order chi connectivity index (χ0) is 32.9. The molecule has 47 heavy (non-hydrogen) atoms. The summed E-state index contributed by atoms with van der Waals surface area (Å²) >= 11 is 1.19. The number of amides is 2. The van der Waals surface area contributed by atoms with Gasteiger partial charge in [-0.3, -0.25) is 19.0 Å². The molecule has 1 N–H and O–H groups in total. The van der Waals surface area contributed by atoms with Crippen molar-refractivity contribution in [1.82, 2.24) is 9.47 Å². The molecule has 1 aromatic heterocycles. The van der Waals surface area contributed by atoms with Gasteiger partial charge in [0.05, 0.1) is 41.7 Å². The summed E-state index contributed by atoms with van der Waals surface area (Å²) in [6, 6.07) is 19.1. The lowest BCUT2D eigenvalue weighted by Gasteiger charge is -2.26. The number of nitrogens with zero attached hydrogens (tertiary/aromatic N) is 3. The van der Waals surface area contributed by atoms with Crippen LogP contribution in [0.25, 0.3) is 6.08 Å². The Balaban J connectivity index is 1.34. The van der Waals surface area contributed by atoms with Crippen molar-refractivity contribution in [2.24, 2.45) is 4.99 Å². The van der Waals surface area contributed by atoms with Crippen molar-refractivity contribution < 1.29 is 28.2 Å². The Morgan fingerprint density at radius 2 is 1.79 bits per heavy atom. The zero-order valence-electron chi connectivity index (χ0n) is 25.9. The Hall–Kier alpha value is -5.07. The number of carbonyl (C=O) groups excluding carboxylic acids is 2. The lowest BCUT2D eigenvalue weighted by molar-refractivity contribution is -0.137. The first kappa shape index (κ1) is 31.9. The Kier molecular flexibility index (Phi) is 9.60. The first-order valence-corrected chi connectivity index (χ1v) is 16.0. The van der Waals surface area contributed by atoms with Crippen LogP contribution in [0, 0.1) is 5.82 Å². The average molecular weight is 657 g/mol. The number of fused-ring (bicyclic) bond motifs is 1. The molecule has 3 aromatic carbocycles. The van der Waals surface area contributed by atoms with E-state index in [-0.39, 0.29) is 23.6 Å². The molecule has 242 valence electrons. The molecule has 0 saturated carbocycles. The molecule has 6 rings (SSSR count). The number of nitrogens with one attached hydrogen (secondary N) is 1. The second kappa shape index (κ2) is 14.1. The number of anilines is 1. The van der Waals surface area contributed by atoms with Crippen LogP contribution in [-0.2, 0) is 14.3 Å². The number of hydrogen-bond acceptors (Lipinski definition) is 8. The van der Waals surface area contributed by atoms with Crippen molar-refractivity contribution in [3.8, 4) is 11.5 Å². The molecule has 0 unspecified atom stereocenters. The number of hydrogen-bond donors (Lipinski definition) is 1. The van der Waals surface area contributed by atoms with Crippen LogP contribution < -0.4 is 29.7 Å². The van der Waals surface area contributed by atoms with E-state index in [2.05, 4.69) is 10.3 Å². The van der Waals surface area contributed by atoms with E-state index in [0.717, 1.165) is 0 Å². The number of allylic oxidation sites excluding steroid dienone is 1. The molecule has 0 aliphatic carbocycles. The Labute approximate surface area is 274 Å². The van der Waals surface area contributed by atoms with Gasteiger partial charge in [0.15, 0.2) is 22.9 Å². The number of para-hydroxylation sites is 1. The summed E-state index contributed by atoms with van der Waals surface area (Å²) in [5.74, 6) is -0.134. The summed E-state index contributed by atoms with van der Waals surface area (Å²) in [4.78, 5) is 47.1. The largest absolute Gasteiger partial charge is 0.490 e. The average Bonchev–Trinajstić information content (AvgIpc) is 3.38. The van der Waals surface area contributed by atoms with E-state index in [1.54, 1.807) is 60.4 Å². The zero-order valence-corrected chi connectivity index (χ0v) is 26.7. The van der Waals surface area contributed by atoms with Gasteiger partial charge in [-0.05, 0) is 67.4 Å². The van der Waals surface area contributed by atoms with Crippen LogP contribution in [0.15, 0.2) is 93.9 Å². The Bertz CT molecular complexity index is 2000. The van der Waals surface area contributed by atoms with Crippen molar-refractivity contribution in [1.29, 1.82) is 0 Å². The summed E-state index contributed by atoms with van der Waals surface area (Å²) in [6.45, 7) is 5.85. The normalized spacial score (nSPS) is 16.4. The third kappa shape index (κ3) is 7.03. The molecule has 1 saturated heterocycles. The number of carbonyl (C=O) groups is 2. The smallest absolute Gasteiger partial charge is 0.271 e. The molecule has 2 aliphatic rings. The minimum absolute atomic E-state index is 0.135. The van der Waals surface area contributed by atoms with E-state index in [1.807, 2.05) is 25.1 Å². The third-order valence-electron chi connectivity index (χ3n) is 7.76. The fourth-order valence-corrected chi connectivity index (χ4v) is 6.54. The highest BCUT2D eigenvalue weighted by Crippen LogP contribution is 2.32. The first-order chi connectivity index (χ1) is 22.8. The number of benzene rings is 3. The summed E-state index contributed by atoms with van der Waals surface area (Å²) in [5.41, 5.74) is 2.21. The lowest BCUT2D eigenvalue weighted by atomic mass is 9.95. The van der Waals surface area contributed by atoms with Crippen LogP contribution in [0.4, 0.5) is 10.1 Å². The fourth-order valence-electron chi connectivity index (χ4n) is 5.49. The van der Waals surface area contributed by atoms with Gasteiger partial charge in [-0.1, -0.05) is 47.7 Å². The standard InChI is InChI=1S/C35H33FN4O6S/c1-3-45-28-19-23(9-14-27(28)46-21-30(41)39-15-17-44-18-16-39)20-29-34(43)40-32(24-10-12-25(36)13-11-24)31(22(2)37-35(40)47-29)33(42)38-26-7-5-4-6-8-26/h4-14,19-20,32H,3,15-18,21H2,1-2H3,(H,38,42)/b29-20+/t32-/m1/s1. The Morgan fingerprint density at radius 1 is 1.04 bits per heavy atom. The number of rotatable bonds is 9. The van der Waals surface area contributed by atoms with Crippen LogP contribution >= 0.6 is 11.3 Å². The van der Waals surface area contributed by atoms with E-state index >= 15 is 0 Å². The number of morpholine rings is 1.